The summed E-state index contributed by atoms with van der Waals surface area (Å²) in [7, 11) is 0. The van der Waals surface area contributed by atoms with E-state index in [1.54, 1.807) is 56.5 Å². The molecule has 2 atom stereocenters. The van der Waals surface area contributed by atoms with Gasteiger partial charge in [0.2, 0.25) is 0 Å². The Balaban J connectivity index is 1.34. The fraction of sp³-hybridized carbons (Fsp3) is 0.361. The number of carbonyl (C=O) groups excluding carboxylic acids is 3. The lowest BCUT2D eigenvalue weighted by atomic mass is 9.86. The zero-order valence-electron chi connectivity index (χ0n) is 27.0. The van der Waals surface area contributed by atoms with E-state index >= 15 is 0 Å². The quantitative estimate of drug-likeness (QED) is 0.191. The van der Waals surface area contributed by atoms with Gasteiger partial charge in [0.05, 0.1) is 29.0 Å². The van der Waals surface area contributed by atoms with Crippen LogP contribution in [0.25, 0.3) is 22.3 Å². The number of alkyl carbamates (subject to hydrolysis) is 1. The number of aryl methyl sites for hydroxylation is 1. The first-order chi connectivity index (χ1) is 22.3. The molecule has 6 rings (SSSR count). The van der Waals surface area contributed by atoms with E-state index in [9.17, 15) is 24.3 Å². The van der Waals surface area contributed by atoms with Crippen molar-refractivity contribution in [2.75, 3.05) is 0 Å². The number of benzene rings is 2. The van der Waals surface area contributed by atoms with Crippen LogP contribution in [0.5, 0.6) is 5.75 Å². The monoisotopic (exact) mass is 639 g/mol. The summed E-state index contributed by atoms with van der Waals surface area (Å²) in [6.45, 7) is 8.93. The Kier molecular flexibility index (Phi) is 8.13. The Morgan fingerprint density at radius 2 is 1.83 bits per heavy atom. The first-order valence-electron chi connectivity index (χ1n) is 15.7. The Hall–Kier alpha value is -5.03. The third kappa shape index (κ3) is 5.87. The van der Waals surface area contributed by atoms with Gasteiger partial charge in [0, 0.05) is 22.9 Å². The third-order valence-corrected chi connectivity index (χ3v) is 8.61. The van der Waals surface area contributed by atoms with Crippen molar-refractivity contribution in [1.29, 1.82) is 0 Å². The second-order valence-corrected chi connectivity index (χ2v) is 12.9. The van der Waals surface area contributed by atoms with E-state index < -0.39 is 35.3 Å². The standard InChI is InChI=1S/C36H37N3O8/c1-6-22-23-16-21(46-32(41)28(15-20-11-9-8-10-12-20)38-34(43)47-35(3,4)5)13-14-27(23)37-30-24(22)18-39-29(30)17-26-25(31(39)40)19-45-33(42)36(26,44)7-2/h8-14,16-17,28,44H,6-7,15,18-19H2,1-5H3,(H,38,43)/t28-,36-/m0/s1. The molecule has 0 saturated carbocycles. The number of rotatable bonds is 7. The molecule has 11 nitrogen and oxygen atoms in total. The number of hydrogen-bond acceptors (Lipinski definition) is 9. The zero-order valence-corrected chi connectivity index (χ0v) is 27.0. The van der Waals surface area contributed by atoms with E-state index in [-0.39, 0.29) is 48.4 Å². The number of pyridine rings is 2. The molecule has 2 aromatic carbocycles. The van der Waals surface area contributed by atoms with Crippen molar-refractivity contribution < 1.29 is 33.7 Å². The minimum absolute atomic E-state index is 0.0565. The highest BCUT2D eigenvalue weighted by molar-refractivity contribution is 5.91. The first kappa shape index (κ1) is 31.9. The highest BCUT2D eigenvalue weighted by atomic mass is 16.6. The molecular formula is C36H37N3O8. The van der Waals surface area contributed by atoms with Crippen LogP contribution < -0.4 is 15.6 Å². The van der Waals surface area contributed by atoms with Gasteiger partial charge in [0.25, 0.3) is 5.56 Å². The van der Waals surface area contributed by atoms with Gasteiger partial charge >= 0.3 is 18.0 Å². The summed E-state index contributed by atoms with van der Waals surface area (Å²) >= 11 is 0. The Bertz CT molecular complexity index is 1980. The minimum atomic E-state index is -1.91. The van der Waals surface area contributed by atoms with Crippen molar-refractivity contribution in [3.8, 4) is 17.1 Å². The van der Waals surface area contributed by atoms with Crippen LogP contribution in [0.15, 0.2) is 59.4 Å². The summed E-state index contributed by atoms with van der Waals surface area (Å²) in [6, 6.07) is 15.1. The van der Waals surface area contributed by atoms with Crippen LogP contribution in [0.2, 0.25) is 0 Å². The molecule has 0 bridgehead atoms. The molecule has 1 amide bonds. The molecular weight excluding hydrogens is 602 g/mol. The van der Waals surface area contributed by atoms with Gasteiger partial charge in [-0.05, 0) is 69.0 Å². The van der Waals surface area contributed by atoms with Crippen molar-refractivity contribution in [2.24, 2.45) is 0 Å². The number of fused-ring (bicyclic) bond motifs is 5. The predicted octanol–water partition coefficient (Wildman–Crippen LogP) is 4.68. The molecule has 47 heavy (non-hydrogen) atoms. The van der Waals surface area contributed by atoms with Crippen LogP contribution >= 0.6 is 0 Å². The molecule has 0 aliphatic carbocycles. The number of aliphatic hydroxyl groups is 1. The molecule has 2 aliphatic heterocycles. The van der Waals surface area contributed by atoms with Gasteiger partial charge in [-0.2, -0.15) is 0 Å². The van der Waals surface area contributed by atoms with E-state index in [4.69, 9.17) is 19.2 Å². The van der Waals surface area contributed by atoms with Crippen molar-refractivity contribution in [3.05, 3.63) is 92.8 Å². The normalized spacial score (nSPS) is 17.3. The lowest BCUT2D eigenvalue weighted by Crippen LogP contribution is -2.46. The summed E-state index contributed by atoms with van der Waals surface area (Å²) in [6.07, 6.45) is 0.119. The molecule has 0 saturated heterocycles. The minimum Gasteiger partial charge on any atom is -0.458 e. The van der Waals surface area contributed by atoms with Crippen molar-refractivity contribution in [1.82, 2.24) is 14.9 Å². The number of esters is 2. The van der Waals surface area contributed by atoms with Gasteiger partial charge < -0.3 is 29.2 Å². The number of cyclic esters (lactones) is 1. The van der Waals surface area contributed by atoms with Crippen LogP contribution in [-0.2, 0) is 50.7 Å². The molecule has 0 fully saturated rings. The Morgan fingerprint density at radius 1 is 1.09 bits per heavy atom. The fourth-order valence-electron chi connectivity index (χ4n) is 6.29. The maximum atomic E-state index is 13.6. The van der Waals surface area contributed by atoms with Gasteiger partial charge in [-0.15, -0.1) is 0 Å². The van der Waals surface area contributed by atoms with E-state index in [0.717, 1.165) is 22.1 Å². The second kappa shape index (κ2) is 12.0. The molecule has 244 valence electrons. The molecule has 4 heterocycles. The lowest BCUT2D eigenvalue weighted by Gasteiger charge is -2.31. The largest absolute Gasteiger partial charge is 0.458 e. The number of carbonyl (C=O) groups is 3. The van der Waals surface area contributed by atoms with Gasteiger partial charge in [-0.3, -0.25) is 4.79 Å². The van der Waals surface area contributed by atoms with E-state index in [1.807, 2.05) is 37.3 Å². The molecule has 0 spiro atoms. The van der Waals surface area contributed by atoms with Crippen LogP contribution in [-0.4, -0.2) is 44.3 Å². The molecule has 0 unspecified atom stereocenters. The number of nitrogens with one attached hydrogen (secondary N) is 1. The van der Waals surface area contributed by atoms with Crippen LogP contribution in [0.3, 0.4) is 0 Å². The summed E-state index contributed by atoms with van der Waals surface area (Å²) in [5.41, 5.74) is 1.86. The Labute approximate surface area is 271 Å². The maximum Gasteiger partial charge on any atom is 0.408 e. The Morgan fingerprint density at radius 3 is 2.51 bits per heavy atom. The summed E-state index contributed by atoms with van der Waals surface area (Å²) < 4.78 is 18.0. The van der Waals surface area contributed by atoms with Crippen molar-refractivity contribution >= 4 is 28.9 Å². The third-order valence-electron chi connectivity index (χ3n) is 8.61. The predicted molar refractivity (Wildman–Crippen MR) is 173 cm³/mol. The summed E-state index contributed by atoms with van der Waals surface area (Å²) in [5, 5.41) is 14.6. The number of hydrogen-bond donors (Lipinski definition) is 2. The highest BCUT2D eigenvalue weighted by Gasteiger charge is 2.45. The number of ether oxygens (including phenoxy) is 3. The highest BCUT2D eigenvalue weighted by Crippen LogP contribution is 2.40. The van der Waals surface area contributed by atoms with Gasteiger partial charge in [-0.25, -0.2) is 19.4 Å². The van der Waals surface area contributed by atoms with Crippen LogP contribution in [0, 0.1) is 0 Å². The molecule has 0 radical (unpaired) electrons. The molecule has 2 aliphatic rings. The average Bonchev–Trinajstić information content (AvgIpc) is 3.39. The summed E-state index contributed by atoms with van der Waals surface area (Å²) in [4.78, 5) is 57.2. The fourth-order valence-corrected chi connectivity index (χ4v) is 6.29. The van der Waals surface area contributed by atoms with Crippen LogP contribution in [0.1, 0.15) is 68.9 Å². The first-order valence-corrected chi connectivity index (χ1v) is 15.7. The zero-order chi connectivity index (χ0) is 33.7. The second-order valence-electron chi connectivity index (χ2n) is 12.9. The number of aromatic nitrogens is 2. The van der Waals surface area contributed by atoms with Gasteiger partial charge in [0.1, 0.15) is 24.0 Å². The van der Waals surface area contributed by atoms with E-state index in [2.05, 4.69) is 5.32 Å². The van der Waals surface area contributed by atoms with Crippen molar-refractivity contribution in [2.45, 2.75) is 84.3 Å². The molecule has 11 heteroatoms. The van der Waals surface area contributed by atoms with Crippen LogP contribution in [0.4, 0.5) is 4.79 Å². The number of nitrogens with zero attached hydrogens (tertiary/aromatic N) is 2. The molecule has 4 aromatic rings. The smallest absolute Gasteiger partial charge is 0.408 e. The molecule has 2 aromatic heterocycles. The average molecular weight is 640 g/mol. The molecule has 2 N–H and O–H groups in total. The lowest BCUT2D eigenvalue weighted by molar-refractivity contribution is -0.172. The van der Waals surface area contributed by atoms with Crippen molar-refractivity contribution in [3.63, 3.8) is 0 Å². The summed E-state index contributed by atoms with van der Waals surface area (Å²) in [5.74, 6) is -1.16. The van der Waals surface area contributed by atoms with E-state index in [0.29, 0.717) is 23.3 Å². The topological polar surface area (TPSA) is 146 Å². The number of amides is 1. The van der Waals surface area contributed by atoms with E-state index in [1.165, 1.54) is 0 Å². The van der Waals surface area contributed by atoms with Gasteiger partial charge in [-0.1, -0.05) is 44.2 Å². The SMILES string of the molecule is CCc1c2c(nc3ccc(OC(=O)[C@H](Cc4ccccc4)NC(=O)OC(C)(C)C)cc13)-c1cc3c(c(=O)n1C2)COC(=O)[C@]3(O)CC. The van der Waals surface area contributed by atoms with Gasteiger partial charge in [0.15, 0.2) is 5.60 Å². The maximum absolute atomic E-state index is 13.6.